The molecule has 0 saturated carbocycles. The van der Waals surface area contributed by atoms with Crippen LogP contribution in [0.4, 0.5) is 5.13 Å². The minimum Gasteiger partial charge on any atom is -0.280 e. The van der Waals surface area contributed by atoms with Crippen LogP contribution in [0.25, 0.3) is 11.3 Å². The minimum absolute atomic E-state index is 0.128. The highest BCUT2D eigenvalue weighted by Crippen LogP contribution is 2.28. The lowest BCUT2D eigenvalue weighted by Crippen LogP contribution is -2.31. The third-order valence-corrected chi connectivity index (χ3v) is 4.37. The molecule has 0 fully saturated rings. The molecule has 0 bridgehead atoms. The Morgan fingerprint density at radius 3 is 2.71 bits per heavy atom. The van der Waals surface area contributed by atoms with Crippen LogP contribution in [0.5, 0.6) is 0 Å². The lowest BCUT2D eigenvalue weighted by Gasteiger charge is -2.17. The van der Waals surface area contributed by atoms with E-state index in [9.17, 15) is 4.79 Å². The summed E-state index contributed by atoms with van der Waals surface area (Å²) in [6, 6.07) is 13.5. The van der Waals surface area contributed by atoms with Gasteiger partial charge in [-0.3, -0.25) is 14.7 Å². The molecule has 0 saturated heterocycles. The maximum atomic E-state index is 12.8. The van der Waals surface area contributed by atoms with E-state index in [4.69, 9.17) is 0 Å². The van der Waals surface area contributed by atoms with Crippen molar-refractivity contribution in [3.05, 3.63) is 78.0 Å². The fraction of sp³-hybridized carbons (Fsp3) is 0.105. The molecule has 0 unspecified atom stereocenters. The number of benzene rings is 1. The van der Waals surface area contributed by atoms with Gasteiger partial charge in [0.2, 0.25) is 0 Å². The topological polar surface area (TPSA) is 46.1 Å². The van der Waals surface area contributed by atoms with Gasteiger partial charge in [0, 0.05) is 29.4 Å². The monoisotopic (exact) mass is 335 g/mol. The third kappa shape index (κ3) is 3.41. The largest absolute Gasteiger partial charge is 0.280 e. The first kappa shape index (κ1) is 16.1. The van der Waals surface area contributed by atoms with E-state index >= 15 is 0 Å². The second-order valence-electron chi connectivity index (χ2n) is 5.27. The van der Waals surface area contributed by atoms with Gasteiger partial charge in [-0.05, 0) is 19.1 Å². The molecule has 0 aliphatic heterocycles. The number of pyridine rings is 1. The Hall–Kier alpha value is -2.79. The van der Waals surface area contributed by atoms with E-state index in [0.717, 1.165) is 17.0 Å². The minimum atomic E-state index is -0.128. The number of nitrogens with zero attached hydrogens (tertiary/aromatic N) is 3. The van der Waals surface area contributed by atoms with Crippen molar-refractivity contribution in [3.8, 4) is 11.3 Å². The lowest BCUT2D eigenvalue weighted by atomic mass is 10.2. The smallest absolute Gasteiger partial charge is 0.261 e. The Morgan fingerprint density at radius 2 is 2.04 bits per heavy atom. The van der Waals surface area contributed by atoms with Crippen molar-refractivity contribution >= 4 is 22.4 Å². The summed E-state index contributed by atoms with van der Waals surface area (Å²) < 4.78 is 0. The summed E-state index contributed by atoms with van der Waals surface area (Å²) in [5.41, 5.74) is 3.31. The van der Waals surface area contributed by atoms with E-state index in [-0.39, 0.29) is 5.91 Å². The molecular formula is C19H17N3OS. The van der Waals surface area contributed by atoms with Gasteiger partial charge in [0.1, 0.15) is 0 Å². The van der Waals surface area contributed by atoms with Crippen LogP contribution in [-0.4, -0.2) is 22.4 Å². The number of rotatable bonds is 5. The average molecular weight is 335 g/mol. The van der Waals surface area contributed by atoms with Gasteiger partial charge in [0.25, 0.3) is 5.91 Å². The summed E-state index contributed by atoms with van der Waals surface area (Å²) in [7, 11) is 0. The number of hydrogen-bond acceptors (Lipinski definition) is 4. The zero-order valence-electron chi connectivity index (χ0n) is 13.3. The molecule has 0 radical (unpaired) electrons. The number of thiazole rings is 1. The lowest BCUT2D eigenvalue weighted by molar-refractivity contribution is 0.0989. The van der Waals surface area contributed by atoms with Gasteiger partial charge in [0.05, 0.1) is 11.3 Å². The molecule has 0 aliphatic rings. The number of aryl methyl sites for hydroxylation is 1. The molecule has 3 rings (SSSR count). The number of aromatic nitrogens is 2. The van der Waals surface area contributed by atoms with Gasteiger partial charge >= 0.3 is 0 Å². The van der Waals surface area contributed by atoms with Crippen LogP contribution < -0.4 is 4.90 Å². The van der Waals surface area contributed by atoms with Crippen LogP contribution in [0, 0.1) is 6.92 Å². The maximum absolute atomic E-state index is 12.8. The zero-order chi connectivity index (χ0) is 16.9. The van der Waals surface area contributed by atoms with Gasteiger partial charge < -0.3 is 0 Å². The first-order valence-electron chi connectivity index (χ1n) is 7.55. The molecule has 0 spiro atoms. The summed E-state index contributed by atoms with van der Waals surface area (Å²) >= 11 is 1.44. The van der Waals surface area contributed by atoms with Crippen molar-refractivity contribution in [2.45, 2.75) is 6.92 Å². The fourth-order valence-electron chi connectivity index (χ4n) is 2.26. The number of carbonyl (C=O) groups is 1. The highest BCUT2D eigenvalue weighted by molar-refractivity contribution is 7.14. The molecule has 1 amide bonds. The molecule has 24 heavy (non-hydrogen) atoms. The Kier molecular flexibility index (Phi) is 4.82. The molecule has 0 N–H and O–H groups in total. The summed E-state index contributed by atoms with van der Waals surface area (Å²) in [5, 5.41) is 2.61. The number of hydrogen-bond donors (Lipinski definition) is 0. The molecular weight excluding hydrogens is 318 g/mol. The molecule has 4 nitrogen and oxygen atoms in total. The van der Waals surface area contributed by atoms with E-state index in [1.807, 2.05) is 48.7 Å². The first-order valence-corrected chi connectivity index (χ1v) is 8.43. The quantitative estimate of drug-likeness (QED) is 0.651. The normalized spacial score (nSPS) is 10.4. The van der Waals surface area contributed by atoms with Crippen LogP contribution in [0.3, 0.4) is 0 Å². The molecule has 5 heteroatoms. The van der Waals surface area contributed by atoms with E-state index in [2.05, 4.69) is 16.5 Å². The van der Waals surface area contributed by atoms with E-state index in [1.165, 1.54) is 11.3 Å². The number of anilines is 1. The Balaban J connectivity index is 1.91. The summed E-state index contributed by atoms with van der Waals surface area (Å²) in [4.78, 5) is 23.2. The highest BCUT2D eigenvalue weighted by Gasteiger charge is 2.20. The predicted octanol–water partition coefficient (Wildman–Crippen LogP) is 4.35. The molecule has 1 aromatic carbocycles. The average Bonchev–Trinajstić information content (AvgIpc) is 3.10. The second kappa shape index (κ2) is 7.19. The molecule has 120 valence electrons. The number of amides is 1. The Morgan fingerprint density at radius 1 is 1.25 bits per heavy atom. The molecule has 0 atom stereocenters. The maximum Gasteiger partial charge on any atom is 0.261 e. The van der Waals surface area contributed by atoms with Crippen LogP contribution in [-0.2, 0) is 0 Å². The summed E-state index contributed by atoms with van der Waals surface area (Å²) in [6.45, 7) is 6.04. The van der Waals surface area contributed by atoms with E-state index in [0.29, 0.717) is 17.2 Å². The number of carbonyl (C=O) groups excluding carboxylic acids is 1. The van der Waals surface area contributed by atoms with E-state index < -0.39 is 0 Å². The van der Waals surface area contributed by atoms with Crippen molar-refractivity contribution in [2.24, 2.45) is 0 Å². The molecule has 0 aliphatic carbocycles. The van der Waals surface area contributed by atoms with E-state index in [1.54, 1.807) is 23.2 Å². The second-order valence-corrected chi connectivity index (χ2v) is 6.11. The van der Waals surface area contributed by atoms with Crippen LogP contribution in [0.2, 0.25) is 0 Å². The van der Waals surface area contributed by atoms with Gasteiger partial charge in [-0.25, -0.2) is 4.98 Å². The molecule has 2 aromatic heterocycles. The first-order chi connectivity index (χ1) is 11.7. The molecule has 2 heterocycles. The predicted molar refractivity (Wildman–Crippen MR) is 98.4 cm³/mol. The van der Waals surface area contributed by atoms with Crippen LogP contribution in [0.15, 0.2) is 66.7 Å². The standard InChI is InChI=1S/C19H17N3OS/c1-3-11-22(18(23)16-10-9-14(2)20-12-16)19-21-17(13-24-19)15-7-5-4-6-8-15/h3-10,12-13H,1,11H2,2H3. The SMILES string of the molecule is C=CCN(C(=O)c1ccc(C)nc1)c1nc(-c2ccccc2)cs1. The Labute approximate surface area is 145 Å². The highest BCUT2D eigenvalue weighted by atomic mass is 32.1. The van der Waals surface area contributed by atoms with Crippen molar-refractivity contribution in [2.75, 3.05) is 11.4 Å². The third-order valence-electron chi connectivity index (χ3n) is 3.51. The van der Waals surface area contributed by atoms with Gasteiger partial charge in [-0.1, -0.05) is 36.4 Å². The van der Waals surface area contributed by atoms with Gasteiger partial charge in [-0.2, -0.15) is 0 Å². The summed E-state index contributed by atoms with van der Waals surface area (Å²) in [6.07, 6.45) is 3.29. The van der Waals surface area contributed by atoms with Crippen molar-refractivity contribution in [3.63, 3.8) is 0 Å². The van der Waals surface area contributed by atoms with Crippen LogP contribution >= 0.6 is 11.3 Å². The summed E-state index contributed by atoms with van der Waals surface area (Å²) in [5.74, 6) is -0.128. The van der Waals surface area contributed by atoms with Crippen LogP contribution in [0.1, 0.15) is 16.1 Å². The Bertz CT molecular complexity index is 841. The van der Waals surface area contributed by atoms with Gasteiger partial charge in [0.15, 0.2) is 5.13 Å². The van der Waals surface area contributed by atoms with Crippen molar-refractivity contribution in [1.29, 1.82) is 0 Å². The molecule has 3 aromatic rings. The zero-order valence-corrected chi connectivity index (χ0v) is 14.2. The van der Waals surface area contributed by atoms with Crippen molar-refractivity contribution in [1.82, 2.24) is 9.97 Å². The fourth-order valence-corrected chi connectivity index (χ4v) is 3.10. The van der Waals surface area contributed by atoms with Gasteiger partial charge in [-0.15, -0.1) is 17.9 Å². The van der Waals surface area contributed by atoms with Crippen molar-refractivity contribution < 1.29 is 4.79 Å².